The van der Waals surface area contributed by atoms with Gasteiger partial charge in [-0.05, 0) is 39.0 Å². The van der Waals surface area contributed by atoms with Crippen LogP contribution in [0.2, 0.25) is 0 Å². The molecule has 6 heteroatoms. The summed E-state index contributed by atoms with van der Waals surface area (Å²) >= 11 is 0. The zero-order chi connectivity index (χ0) is 16.6. The van der Waals surface area contributed by atoms with Crippen LogP contribution in [0, 0.1) is 0 Å². The highest BCUT2D eigenvalue weighted by molar-refractivity contribution is 6.06. The van der Waals surface area contributed by atoms with Crippen LogP contribution in [0.4, 0.5) is 5.69 Å². The predicted molar refractivity (Wildman–Crippen MR) is 87.4 cm³/mol. The number of aromatic nitrogens is 2. The number of hydrogen-bond acceptors (Lipinski definition) is 4. The molecule has 6 nitrogen and oxygen atoms in total. The number of benzene rings is 1. The molecule has 1 unspecified atom stereocenters. The van der Waals surface area contributed by atoms with Crippen molar-refractivity contribution in [3.8, 4) is 11.5 Å². The Morgan fingerprint density at radius 3 is 2.87 bits per heavy atom. The highest BCUT2D eigenvalue weighted by Gasteiger charge is 2.30. The molecule has 0 bridgehead atoms. The quantitative estimate of drug-likeness (QED) is 0.874. The standard InChI is InChI=1S/C17H21N3O3/c1-11(2)20-14(7-8-18-20)17(21)19-10-12(3)23-16-6-5-13(22-4)9-15(16)19/h5-9,11-12H,10H2,1-4H3. The van der Waals surface area contributed by atoms with E-state index in [4.69, 9.17) is 9.47 Å². The summed E-state index contributed by atoms with van der Waals surface area (Å²) in [5, 5.41) is 4.25. The number of carbonyl (C=O) groups is 1. The fourth-order valence-corrected chi connectivity index (χ4v) is 2.77. The van der Waals surface area contributed by atoms with E-state index in [-0.39, 0.29) is 18.1 Å². The van der Waals surface area contributed by atoms with Crippen LogP contribution in [0.1, 0.15) is 37.3 Å². The van der Waals surface area contributed by atoms with Crippen LogP contribution in [0.5, 0.6) is 11.5 Å². The molecule has 1 aliphatic heterocycles. The van der Waals surface area contributed by atoms with E-state index in [1.165, 1.54) is 0 Å². The monoisotopic (exact) mass is 315 g/mol. The largest absolute Gasteiger partial charge is 0.497 e. The molecule has 0 aliphatic carbocycles. The van der Waals surface area contributed by atoms with Gasteiger partial charge in [-0.1, -0.05) is 0 Å². The zero-order valence-corrected chi connectivity index (χ0v) is 13.8. The summed E-state index contributed by atoms with van der Waals surface area (Å²) in [4.78, 5) is 14.8. The maximum atomic E-state index is 13.1. The number of nitrogens with zero attached hydrogens (tertiary/aromatic N) is 3. The fourth-order valence-electron chi connectivity index (χ4n) is 2.77. The van der Waals surface area contributed by atoms with Crippen molar-refractivity contribution in [2.45, 2.75) is 32.9 Å². The smallest absolute Gasteiger partial charge is 0.276 e. The van der Waals surface area contributed by atoms with E-state index >= 15 is 0 Å². The molecule has 1 atom stereocenters. The number of rotatable bonds is 3. The number of fused-ring (bicyclic) bond motifs is 1. The molecule has 23 heavy (non-hydrogen) atoms. The Balaban J connectivity index is 2.03. The maximum Gasteiger partial charge on any atom is 0.276 e. The fraction of sp³-hybridized carbons (Fsp3) is 0.412. The van der Waals surface area contributed by atoms with E-state index < -0.39 is 0 Å². The van der Waals surface area contributed by atoms with Crippen LogP contribution in [0.3, 0.4) is 0 Å². The molecule has 0 radical (unpaired) electrons. The van der Waals surface area contributed by atoms with Gasteiger partial charge in [-0.2, -0.15) is 5.10 Å². The second kappa shape index (κ2) is 5.95. The number of amides is 1. The third-order valence-electron chi connectivity index (χ3n) is 3.85. The summed E-state index contributed by atoms with van der Waals surface area (Å²) < 4.78 is 12.9. The van der Waals surface area contributed by atoms with Gasteiger partial charge < -0.3 is 9.47 Å². The number of ether oxygens (including phenoxy) is 2. The van der Waals surface area contributed by atoms with Gasteiger partial charge in [0.2, 0.25) is 0 Å². The van der Waals surface area contributed by atoms with Crippen molar-refractivity contribution in [3.63, 3.8) is 0 Å². The summed E-state index contributed by atoms with van der Waals surface area (Å²) in [6.45, 7) is 6.45. The average molecular weight is 315 g/mol. The minimum atomic E-state index is -0.0825. The third kappa shape index (κ3) is 2.76. The van der Waals surface area contributed by atoms with E-state index in [0.29, 0.717) is 23.7 Å². The van der Waals surface area contributed by atoms with Crippen molar-refractivity contribution in [3.05, 3.63) is 36.2 Å². The van der Waals surface area contributed by atoms with E-state index in [1.54, 1.807) is 29.0 Å². The van der Waals surface area contributed by atoms with Gasteiger partial charge in [-0.3, -0.25) is 14.4 Å². The van der Waals surface area contributed by atoms with Gasteiger partial charge >= 0.3 is 0 Å². The van der Waals surface area contributed by atoms with Crippen molar-refractivity contribution in [1.29, 1.82) is 0 Å². The zero-order valence-electron chi connectivity index (χ0n) is 13.8. The minimum Gasteiger partial charge on any atom is -0.497 e. The van der Waals surface area contributed by atoms with Crippen LogP contribution in [0.15, 0.2) is 30.5 Å². The molecule has 1 aromatic heterocycles. The van der Waals surface area contributed by atoms with Crippen molar-refractivity contribution in [2.75, 3.05) is 18.6 Å². The van der Waals surface area contributed by atoms with Crippen LogP contribution in [-0.2, 0) is 0 Å². The first kappa shape index (κ1) is 15.4. The molecule has 2 heterocycles. The van der Waals surface area contributed by atoms with E-state index in [0.717, 1.165) is 5.69 Å². The normalized spacial score (nSPS) is 16.9. The van der Waals surface area contributed by atoms with Gasteiger partial charge in [0.25, 0.3) is 5.91 Å². The first-order valence-corrected chi connectivity index (χ1v) is 7.71. The predicted octanol–water partition coefficient (Wildman–Crippen LogP) is 2.90. The van der Waals surface area contributed by atoms with Gasteiger partial charge in [0.1, 0.15) is 23.3 Å². The Bertz CT molecular complexity index is 724. The lowest BCUT2D eigenvalue weighted by Crippen LogP contribution is -2.43. The maximum absolute atomic E-state index is 13.1. The first-order chi connectivity index (χ1) is 11.0. The van der Waals surface area contributed by atoms with E-state index in [1.807, 2.05) is 39.0 Å². The highest BCUT2D eigenvalue weighted by Crippen LogP contribution is 2.37. The first-order valence-electron chi connectivity index (χ1n) is 7.71. The second-order valence-corrected chi connectivity index (χ2v) is 5.93. The van der Waals surface area contributed by atoms with Gasteiger partial charge in [0, 0.05) is 18.3 Å². The van der Waals surface area contributed by atoms with Crippen molar-refractivity contribution in [2.24, 2.45) is 0 Å². The second-order valence-electron chi connectivity index (χ2n) is 5.93. The number of hydrogen-bond donors (Lipinski definition) is 0. The van der Waals surface area contributed by atoms with Gasteiger partial charge in [0.05, 0.1) is 19.3 Å². The summed E-state index contributed by atoms with van der Waals surface area (Å²) in [6.07, 6.45) is 1.58. The highest BCUT2D eigenvalue weighted by atomic mass is 16.5. The molecular formula is C17H21N3O3. The van der Waals surface area contributed by atoms with Crippen LogP contribution in [-0.4, -0.2) is 35.4 Å². The summed E-state index contributed by atoms with van der Waals surface area (Å²) in [5.74, 6) is 1.30. The average Bonchev–Trinajstić information content (AvgIpc) is 3.02. The molecule has 3 rings (SSSR count). The Hall–Kier alpha value is -2.50. The number of carbonyl (C=O) groups excluding carboxylic acids is 1. The molecule has 122 valence electrons. The van der Waals surface area contributed by atoms with Crippen LogP contribution >= 0.6 is 0 Å². The van der Waals surface area contributed by atoms with Crippen molar-refractivity contribution in [1.82, 2.24) is 9.78 Å². The van der Waals surface area contributed by atoms with Crippen molar-refractivity contribution >= 4 is 11.6 Å². The molecule has 1 aromatic carbocycles. The lowest BCUT2D eigenvalue weighted by atomic mass is 10.1. The van der Waals surface area contributed by atoms with E-state index in [2.05, 4.69) is 5.10 Å². The van der Waals surface area contributed by atoms with Gasteiger partial charge in [-0.25, -0.2) is 0 Å². The SMILES string of the molecule is COc1ccc2c(c1)N(C(=O)c1ccnn1C(C)C)CC(C)O2. The third-order valence-corrected chi connectivity index (χ3v) is 3.85. The van der Waals surface area contributed by atoms with Gasteiger partial charge in [0.15, 0.2) is 0 Å². The lowest BCUT2D eigenvalue weighted by molar-refractivity contribution is 0.0949. The Kier molecular flexibility index (Phi) is 3.98. The molecule has 0 N–H and O–H groups in total. The molecule has 0 saturated carbocycles. The summed E-state index contributed by atoms with van der Waals surface area (Å²) in [7, 11) is 1.61. The Morgan fingerprint density at radius 2 is 2.17 bits per heavy atom. The van der Waals surface area contributed by atoms with Gasteiger partial charge in [-0.15, -0.1) is 0 Å². The molecule has 0 saturated heterocycles. The Labute approximate surface area is 135 Å². The molecule has 0 fully saturated rings. The summed E-state index contributed by atoms with van der Waals surface area (Å²) in [5.41, 5.74) is 1.30. The van der Waals surface area contributed by atoms with Crippen LogP contribution < -0.4 is 14.4 Å². The molecule has 0 spiro atoms. The number of methoxy groups -OCH3 is 1. The molecule has 1 amide bonds. The topological polar surface area (TPSA) is 56.6 Å². The lowest BCUT2D eigenvalue weighted by Gasteiger charge is -2.33. The minimum absolute atomic E-state index is 0.0738. The van der Waals surface area contributed by atoms with E-state index in [9.17, 15) is 4.79 Å². The van der Waals surface area contributed by atoms with Crippen LogP contribution in [0.25, 0.3) is 0 Å². The summed E-state index contributed by atoms with van der Waals surface area (Å²) in [6, 6.07) is 7.37. The Morgan fingerprint density at radius 1 is 1.39 bits per heavy atom. The molecular weight excluding hydrogens is 294 g/mol. The van der Waals surface area contributed by atoms with Crippen molar-refractivity contribution < 1.29 is 14.3 Å². The number of anilines is 1. The molecule has 1 aliphatic rings. The molecule has 2 aromatic rings.